The van der Waals surface area contributed by atoms with Crippen molar-refractivity contribution in [1.82, 2.24) is 19.5 Å². The van der Waals surface area contributed by atoms with Crippen molar-refractivity contribution in [3.63, 3.8) is 0 Å². The molecule has 0 N–H and O–H groups in total. The molecule has 0 aliphatic rings. The highest BCUT2D eigenvalue weighted by atomic mass is 16.7. The van der Waals surface area contributed by atoms with Crippen LogP contribution in [0.3, 0.4) is 0 Å². The zero-order valence-corrected chi connectivity index (χ0v) is 13.8. The highest BCUT2D eigenvalue weighted by Crippen LogP contribution is 2.26. The normalized spacial score (nSPS) is 11.0. The van der Waals surface area contributed by atoms with Crippen molar-refractivity contribution in [3.8, 4) is 0 Å². The SMILES string of the molecule is CON(Cc1ccccc1)c1nc(N(C)C)nc2c1ncn2C. The number of hydrogen-bond acceptors (Lipinski definition) is 6. The number of imidazole rings is 1. The van der Waals surface area contributed by atoms with Crippen LogP contribution in [0.25, 0.3) is 11.2 Å². The van der Waals surface area contributed by atoms with Crippen molar-refractivity contribution < 1.29 is 4.84 Å². The van der Waals surface area contributed by atoms with Gasteiger partial charge in [-0.1, -0.05) is 30.3 Å². The molecule has 2 aromatic heterocycles. The summed E-state index contributed by atoms with van der Waals surface area (Å²) in [5, 5.41) is 1.74. The van der Waals surface area contributed by atoms with Crippen molar-refractivity contribution in [2.75, 3.05) is 31.2 Å². The fourth-order valence-corrected chi connectivity index (χ4v) is 2.33. The summed E-state index contributed by atoms with van der Waals surface area (Å²) < 4.78 is 1.88. The quantitative estimate of drug-likeness (QED) is 0.672. The van der Waals surface area contributed by atoms with Gasteiger partial charge < -0.3 is 9.47 Å². The maximum atomic E-state index is 5.57. The minimum atomic E-state index is 0.576. The third kappa shape index (κ3) is 2.95. The Morgan fingerprint density at radius 3 is 2.52 bits per heavy atom. The first kappa shape index (κ1) is 15.2. The van der Waals surface area contributed by atoms with Crippen LogP contribution in [0.1, 0.15) is 5.56 Å². The van der Waals surface area contributed by atoms with Gasteiger partial charge in [-0.15, -0.1) is 0 Å². The summed E-state index contributed by atoms with van der Waals surface area (Å²) in [7, 11) is 7.38. The van der Waals surface area contributed by atoms with Crippen LogP contribution in [0.15, 0.2) is 36.7 Å². The van der Waals surface area contributed by atoms with Gasteiger partial charge in [0.15, 0.2) is 17.0 Å². The number of aromatic nitrogens is 4. The minimum absolute atomic E-state index is 0.576. The van der Waals surface area contributed by atoms with Crippen LogP contribution >= 0.6 is 0 Å². The molecule has 2 heterocycles. The Morgan fingerprint density at radius 1 is 1.13 bits per heavy atom. The molecule has 3 rings (SSSR count). The van der Waals surface area contributed by atoms with Gasteiger partial charge in [-0.2, -0.15) is 9.97 Å². The van der Waals surface area contributed by atoms with E-state index in [1.54, 1.807) is 18.5 Å². The predicted molar refractivity (Wildman–Crippen MR) is 90.3 cm³/mol. The molecule has 0 bridgehead atoms. The van der Waals surface area contributed by atoms with Crippen molar-refractivity contribution >= 4 is 22.9 Å². The van der Waals surface area contributed by atoms with E-state index in [1.807, 2.05) is 48.8 Å². The predicted octanol–water partition coefficient (Wildman–Crippen LogP) is 2.00. The number of hydrogen-bond donors (Lipinski definition) is 0. The van der Waals surface area contributed by atoms with E-state index in [-0.39, 0.29) is 0 Å². The first-order chi connectivity index (χ1) is 11.1. The summed E-state index contributed by atoms with van der Waals surface area (Å²) in [5.74, 6) is 1.27. The van der Waals surface area contributed by atoms with Crippen LogP contribution in [0.5, 0.6) is 0 Å². The average molecular weight is 312 g/mol. The molecule has 0 unspecified atom stereocenters. The van der Waals surface area contributed by atoms with Gasteiger partial charge in [-0.05, 0) is 5.56 Å². The van der Waals surface area contributed by atoms with E-state index < -0.39 is 0 Å². The maximum absolute atomic E-state index is 5.57. The molecule has 0 atom stereocenters. The minimum Gasteiger partial charge on any atom is -0.347 e. The van der Waals surface area contributed by atoms with E-state index >= 15 is 0 Å². The lowest BCUT2D eigenvalue weighted by atomic mass is 10.2. The molecule has 0 spiro atoms. The number of benzene rings is 1. The van der Waals surface area contributed by atoms with Gasteiger partial charge in [0.1, 0.15) is 0 Å². The second kappa shape index (κ2) is 6.21. The Morgan fingerprint density at radius 2 is 1.87 bits per heavy atom. The Kier molecular flexibility index (Phi) is 4.12. The Hall–Kier alpha value is -2.67. The van der Waals surface area contributed by atoms with Gasteiger partial charge in [0.05, 0.1) is 20.0 Å². The fraction of sp³-hybridized carbons (Fsp3) is 0.312. The van der Waals surface area contributed by atoms with Crippen LogP contribution in [0.4, 0.5) is 11.8 Å². The van der Waals surface area contributed by atoms with E-state index in [0.717, 1.165) is 16.7 Å². The van der Waals surface area contributed by atoms with Gasteiger partial charge in [0, 0.05) is 21.1 Å². The number of nitrogens with zero attached hydrogens (tertiary/aromatic N) is 6. The monoisotopic (exact) mass is 312 g/mol. The Balaban J connectivity index is 2.08. The first-order valence-electron chi connectivity index (χ1n) is 7.32. The summed E-state index contributed by atoms with van der Waals surface area (Å²) in [4.78, 5) is 21.0. The van der Waals surface area contributed by atoms with E-state index in [2.05, 4.69) is 27.1 Å². The lowest BCUT2D eigenvalue weighted by molar-refractivity contribution is 0.161. The van der Waals surface area contributed by atoms with Gasteiger partial charge in [0.25, 0.3) is 0 Å². The van der Waals surface area contributed by atoms with Crippen LogP contribution in [0.2, 0.25) is 0 Å². The number of rotatable bonds is 5. The molecule has 120 valence electrons. The summed E-state index contributed by atoms with van der Waals surface area (Å²) in [6, 6.07) is 10.1. The molecule has 7 heteroatoms. The van der Waals surface area contributed by atoms with Crippen molar-refractivity contribution in [2.24, 2.45) is 7.05 Å². The standard InChI is InChI=1S/C16H20N6O/c1-20(2)16-18-14-13(17-11-21(14)3)15(19-16)22(23-4)10-12-8-6-5-7-9-12/h5-9,11H,10H2,1-4H3. The number of fused-ring (bicyclic) bond motifs is 1. The Bertz CT molecular complexity index is 799. The third-order valence-corrected chi connectivity index (χ3v) is 3.56. The van der Waals surface area contributed by atoms with Crippen molar-refractivity contribution in [1.29, 1.82) is 0 Å². The average Bonchev–Trinajstić information content (AvgIpc) is 2.94. The topological polar surface area (TPSA) is 59.3 Å². The largest absolute Gasteiger partial charge is 0.347 e. The number of aryl methyl sites for hydroxylation is 1. The van der Waals surface area contributed by atoms with Gasteiger partial charge in [-0.25, -0.2) is 10.0 Å². The fourth-order valence-electron chi connectivity index (χ4n) is 2.33. The van der Waals surface area contributed by atoms with E-state index in [9.17, 15) is 0 Å². The molecule has 0 saturated carbocycles. The molecule has 0 amide bonds. The van der Waals surface area contributed by atoms with Gasteiger partial charge >= 0.3 is 0 Å². The molecule has 23 heavy (non-hydrogen) atoms. The van der Waals surface area contributed by atoms with Crippen molar-refractivity contribution in [3.05, 3.63) is 42.2 Å². The zero-order chi connectivity index (χ0) is 16.4. The molecule has 0 radical (unpaired) electrons. The lowest BCUT2D eigenvalue weighted by Crippen LogP contribution is -2.24. The highest BCUT2D eigenvalue weighted by Gasteiger charge is 2.19. The molecular formula is C16H20N6O. The first-order valence-corrected chi connectivity index (χ1v) is 7.32. The van der Waals surface area contributed by atoms with Crippen LogP contribution < -0.4 is 9.96 Å². The van der Waals surface area contributed by atoms with E-state index in [4.69, 9.17) is 4.84 Å². The molecule has 0 aliphatic carbocycles. The molecule has 0 aliphatic heterocycles. The Labute approximate surface area is 135 Å². The second-order valence-corrected chi connectivity index (χ2v) is 5.47. The lowest BCUT2D eigenvalue weighted by Gasteiger charge is -2.22. The van der Waals surface area contributed by atoms with Crippen LogP contribution in [-0.4, -0.2) is 40.7 Å². The van der Waals surface area contributed by atoms with Crippen molar-refractivity contribution in [2.45, 2.75) is 6.54 Å². The van der Waals surface area contributed by atoms with E-state index in [1.165, 1.54) is 0 Å². The maximum Gasteiger partial charge on any atom is 0.229 e. The molecule has 0 fully saturated rings. The summed E-state index contributed by atoms with van der Waals surface area (Å²) in [6.45, 7) is 0.576. The molecule has 0 saturated heterocycles. The smallest absolute Gasteiger partial charge is 0.229 e. The molecule has 7 nitrogen and oxygen atoms in total. The molecular weight excluding hydrogens is 292 g/mol. The van der Waals surface area contributed by atoms with Crippen LogP contribution in [0, 0.1) is 0 Å². The third-order valence-electron chi connectivity index (χ3n) is 3.56. The van der Waals surface area contributed by atoms with Gasteiger partial charge in [-0.3, -0.25) is 4.84 Å². The second-order valence-electron chi connectivity index (χ2n) is 5.47. The molecule has 1 aromatic carbocycles. The highest BCUT2D eigenvalue weighted by molar-refractivity contribution is 5.84. The molecule has 3 aromatic rings. The summed E-state index contributed by atoms with van der Waals surface area (Å²) in [5.41, 5.74) is 2.62. The number of hydroxylamine groups is 1. The number of anilines is 2. The summed E-state index contributed by atoms with van der Waals surface area (Å²) in [6.07, 6.45) is 1.73. The van der Waals surface area contributed by atoms with E-state index in [0.29, 0.717) is 18.3 Å². The van der Waals surface area contributed by atoms with Gasteiger partial charge in [0.2, 0.25) is 5.95 Å². The summed E-state index contributed by atoms with van der Waals surface area (Å²) >= 11 is 0. The van der Waals surface area contributed by atoms with Crippen LogP contribution in [-0.2, 0) is 18.4 Å². The zero-order valence-electron chi connectivity index (χ0n) is 13.8.